The Bertz CT molecular complexity index is 1240. The van der Waals surface area contributed by atoms with Gasteiger partial charge in [-0.1, -0.05) is 67.2 Å². The Morgan fingerprint density at radius 3 is 2.56 bits per heavy atom. The largest absolute Gasteiger partial charge is 0.291 e. The predicted molar refractivity (Wildman–Crippen MR) is 107 cm³/mol. The average Bonchev–Trinajstić information content (AvgIpc) is 2.99. The first-order valence-electron chi connectivity index (χ1n) is 8.63. The number of aromatic amines is 1. The molecule has 0 bridgehead atoms. The monoisotopic (exact) mass is 357 g/mol. The second-order valence-corrected chi connectivity index (χ2v) is 6.21. The Hall–Kier alpha value is -3.57. The van der Waals surface area contributed by atoms with Crippen molar-refractivity contribution in [1.29, 1.82) is 0 Å². The molecule has 3 aromatic carbocycles. The molecule has 0 amide bonds. The number of fused-ring (bicyclic) bond motifs is 1. The van der Waals surface area contributed by atoms with Crippen molar-refractivity contribution in [3.05, 3.63) is 99.3 Å². The molecule has 5 heteroatoms. The van der Waals surface area contributed by atoms with Crippen LogP contribution < -0.4 is 21.6 Å². The fraction of sp³-hybridized carbons (Fsp3) is 0.0455. The van der Waals surface area contributed by atoms with Crippen molar-refractivity contribution in [3.8, 4) is 5.69 Å². The molecular formula is C22H19N3O2. The number of aromatic nitrogens is 2. The fourth-order valence-electron chi connectivity index (χ4n) is 2.94. The minimum atomic E-state index is -0.189. The van der Waals surface area contributed by atoms with Gasteiger partial charge in [-0.05, 0) is 28.5 Å². The molecule has 134 valence electrons. The van der Waals surface area contributed by atoms with Gasteiger partial charge < -0.3 is 0 Å². The molecule has 0 saturated carbocycles. The van der Waals surface area contributed by atoms with E-state index in [-0.39, 0.29) is 5.56 Å². The lowest BCUT2D eigenvalue weighted by molar-refractivity contribution is 0.0682. The van der Waals surface area contributed by atoms with Crippen LogP contribution in [-0.4, -0.2) is 9.78 Å². The summed E-state index contributed by atoms with van der Waals surface area (Å²) in [5.41, 5.74) is 4.33. The van der Waals surface area contributed by atoms with E-state index >= 15 is 0 Å². The fourth-order valence-corrected chi connectivity index (χ4v) is 2.94. The van der Waals surface area contributed by atoms with E-state index < -0.39 is 0 Å². The van der Waals surface area contributed by atoms with Crippen molar-refractivity contribution in [1.82, 2.24) is 15.3 Å². The molecular weight excluding hydrogens is 338 g/mol. The lowest BCUT2D eigenvalue weighted by atomic mass is 10.1. The first-order chi connectivity index (χ1) is 13.2. The molecule has 0 saturated heterocycles. The highest BCUT2D eigenvalue weighted by atomic mass is 16.6. The Balaban J connectivity index is 1.59. The summed E-state index contributed by atoms with van der Waals surface area (Å²) in [6, 6.07) is 23.7. The number of nitrogens with one attached hydrogen (secondary N) is 2. The molecule has 0 unspecified atom stereocenters. The zero-order valence-electron chi connectivity index (χ0n) is 14.7. The minimum absolute atomic E-state index is 0.189. The molecule has 0 radical (unpaired) electrons. The quantitative estimate of drug-likeness (QED) is 0.425. The Morgan fingerprint density at radius 2 is 1.74 bits per heavy atom. The maximum absolute atomic E-state index is 12.8. The lowest BCUT2D eigenvalue weighted by Crippen LogP contribution is -2.36. The van der Waals surface area contributed by atoms with Crippen LogP contribution >= 0.6 is 0 Å². The molecule has 1 aromatic heterocycles. The van der Waals surface area contributed by atoms with E-state index in [2.05, 4.69) is 17.2 Å². The minimum Gasteiger partial charge on any atom is -0.291 e. The molecule has 0 aliphatic carbocycles. The summed E-state index contributed by atoms with van der Waals surface area (Å²) < 4.78 is 1.49. The smallest absolute Gasteiger partial charge is 0.280 e. The first-order valence-corrected chi connectivity index (χ1v) is 8.63. The molecule has 0 fully saturated rings. The highest BCUT2D eigenvalue weighted by Crippen LogP contribution is 2.16. The molecule has 4 aromatic rings. The highest BCUT2D eigenvalue weighted by Gasteiger charge is 2.05. The number of H-pyrrole nitrogens is 1. The van der Waals surface area contributed by atoms with Crippen LogP contribution in [0.2, 0.25) is 0 Å². The standard InChI is InChI=1S/C22H19N3O2/c1-16-21(14-23-27-15-17-7-3-2-4-8-17)22(26)25(24-16)20-12-11-18-9-5-6-10-19(18)13-20/h2-14,23-24H,1,15H2/b21-14-. The van der Waals surface area contributed by atoms with Crippen LogP contribution in [0.5, 0.6) is 0 Å². The summed E-state index contributed by atoms with van der Waals surface area (Å²) in [5, 5.41) is 6.15. The van der Waals surface area contributed by atoms with Gasteiger partial charge in [0.2, 0.25) is 0 Å². The van der Waals surface area contributed by atoms with Crippen LogP contribution in [0.25, 0.3) is 29.2 Å². The van der Waals surface area contributed by atoms with Crippen molar-refractivity contribution >= 4 is 23.6 Å². The molecule has 27 heavy (non-hydrogen) atoms. The third-order valence-corrected chi connectivity index (χ3v) is 4.36. The Kier molecular flexibility index (Phi) is 4.60. The SMILES string of the molecule is C=c1[nH]n(-c2ccc3ccccc3c2)c(=O)/c1=C\NOCc1ccccc1. The zero-order valence-corrected chi connectivity index (χ0v) is 14.7. The van der Waals surface area contributed by atoms with Crippen LogP contribution in [0.4, 0.5) is 0 Å². The topological polar surface area (TPSA) is 59.0 Å². The number of hydrogen-bond donors (Lipinski definition) is 2. The van der Waals surface area contributed by atoms with Crippen molar-refractivity contribution < 1.29 is 4.84 Å². The van der Waals surface area contributed by atoms with Gasteiger partial charge in [-0.3, -0.25) is 20.2 Å². The summed E-state index contributed by atoms with van der Waals surface area (Å²) in [6.45, 7) is 4.32. The molecule has 0 spiro atoms. The van der Waals surface area contributed by atoms with Crippen molar-refractivity contribution in [2.75, 3.05) is 0 Å². The van der Waals surface area contributed by atoms with Gasteiger partial charge in [-0.25, -0.2) is 4.68 Å². The second-order valence-electron chi connectivity index (χ2n) is 6.21. The summed E-state index contributed by atoms with van der Waals surface area (Å²) in [7, 11) is 0. The van der Waals surface area contributed by atoms with E-state index in [0.717, 1.165) is 22.0 Å². The predicted octanol–water partition coefficient (Wildman–Crippen LogP) is 2.19. The number of hydroxylamine groups is 1. The third kappa shape index (κ3) is 3.54. The number of hydrogen-bond acceptors (Lipinski definition) is 3. The van der Waals surface area contributed by atoms with Crippen LogP contribution in [0, 0.1) is 0 Å². The van der Waals surface area contributed by atoms with Gasteiger partial charge in [0.15, 0.2) is 0 Å². The summed E-state index contributed by atoms with van der Waals surface area (Å²) in [4.78, 5) is 18.2. The van der Waals surface area contributed by atoms with Gasteiger partial charge >= 0.3 is 0 Å². The van der Waals surface area contributed by atoms with Gasteiger partial charge in [0.1, 0.15) is 0 Å². The first kappa shape index (κ1) is 16.9. The van der Waals surface area contributed by atoms with Gasteiger partial charge in [0, 0.05) is 6.20 Å². The molecule has 0 atom stereocenters. The number of nitrogens with zero attached hydrogens (tertiary/aromatic N) is 1. The molecule has 0 aliphatic heterocycles. The third-order valence-electron chi connectivity index (χ3n) is 4.36. The average molecular weight is 357 g/mol. The molecule has 0 aliphatic rings. The molecule has 5 nitrogen and oxygen atoms in total. The van der Waals surface area contributed by atoms with Crippen LogP contribution in [-0.2, 0) is 11.4 Å². The van der Waals surface area contributed by atoms with E-state index in [0.29, 0.717) is 17.2 Å². The van der Waals surface area contributed by atoms with Crippen LogP contribution in [0.3, 0.4) is 0 Å². The maximum atomic E-state index is 12.8. The van der Waals surface area contributed by atoms with E-state index in [1.807, 2.05) is 72.8 Å². The molecule has 2 N–H and O–H groups in total. The maximum Gasteiger partial charge on any atom is 0.280 e. The van der Waals surface area contributed by atoms with Crippen molar-refractivity contribution in [2.24, 2.45) is 0 Å². The summed E-state index contributed by atoms with van der Waals surface area (Å²) in [5.74, 6) is 0. The second kappa shape index (κ2) is 7.35. The van der Waals surface area contributed by atoms with E-state index in [9.17, 15) is 4.79 Å². The normalized spacial score (nSPS) is 11.8. The van der Waals surface area contributed by atoms with Crippen LogP contribution in [0.1, 0.15) is 5.56 Å². The zero-order chi connectivity index (χ0) is 18.6. The van der Waals surface area contributed by atoms with Gasteiger partial charge in [0.05, 0.1) is 22.9 Å². The molecule has 1 heterocycles. The van der Waals surface area contributed by atoms with Crippen molar-refractivity contribution in [3.63, 3.8) is 0 Å². The number of rotatable bonds is 5. The lowest BCUT2D eigenvalue weighted by Gasteiger charge is -2.03. The van der Waals surface area contributed by atoms with E-state index in [4.69, 9.17) is 4.84 Å². The number of benzene rings is 3. The summed E-state index contributed by atoms with van der Waals surface area (Å²) >= 11 is 0. The summed E-state index contributed by atoms with van der Waals surface area (Å²) in [6.07, 6.45) is 1.53. The Morgan fingerprint density at radius 1 is 1.00 bits per heavy atom. The van der Waals surface area contributed by atoms with Gasteiger partial charge in [0.25, 0.3) is 5.56 Å². The van der Waals surface area contributed by atoms with Gasteiger partial charge in [-0.15, -0.1) is 0 Å². The van der Waals surface area contributed by atoms with Crippen LogP contribution in [0.15, 0.2) is 77.6 Å². The van der Waals surface area contributed by atoms with Gasteiger partial charge in [-0.2, -0.15) is 0 Å². The highest BCUT2D eigenvalue weighted by molar-refractivity contribution is 5.84. The van der Waals surface area contributed by atoms with E-state index in [1.165, 1.54) is 10.9 Å². The molecule has 4 rings (SSSR count). The Labute approximate surface area is 155 Å². The van der Waals surface area contributed by atoms with E-state index in [1.54, 1.807) is 0 Å². The van der Waals surface area contributed by atoms with Crippen molar-refractivity contribution in [2.45, 2.75) is 6.61 Å².